The van der Waals surface area contributed by atoms with Crippen LogP contribution in [0.2, 0.25) is 0 Å². The Morgan fingerprint density at radius 2 is 1.73 bits per heavy atom. The minimum Gasteiger partial charge on any atom is -0.497 e. The summed E-state index contributed by atoms with van der Waals surface area (Å²) >= 11 is 0. The number of anilines is 2. The molecule has 2 aromatic heterocycles. The molecular weight excluding hydrogens is 472 g/mol. The Bertz CT molecular complexity index is 1490. The van der Waals surface area contributed by atoms with E-state index in [1.54, 1.807) is 32.7 Å². The van der Waals surface area contributed by atoms with Crippen LogP contribution < -0.4 is 20.1 Å². The van der Waals surface area contributed by atoms with Crippen LogP contribution in [0.1, 0.15) is 5.56 Å². The van der Waals surface area contributed by atoms with Gasteiger partial charge in [0.1, 0.15) is 17.2 Å². The first-order chi connectivity index (χ1) is 18.1. The summed E-state index contributed by atoms with van der Waals surface area (Å²) in [6.07, 6.45) is 3.55. The number of benzene rings is 3. The number of rotatable bonds is 8. The lowest BCUT2D eigenvalue weighted by Crippen LogP contribution is -2.19. The third-order valence-electron chi connectivity index (χ3n) is 5.56. The van der Waals surface area contributed by atoms with Crippen LogP contribution in [0.15, 0.2) is 89.8 Å². The zero-order valence-corrected chi connectivity index (χ0v) is 20.2. The van der Waals surface area contributed by atoms with Crippen LogP contribution in [0.25, 0.3) is 23.0 Å². The summed E-state index contributed by atoms with van der Waals surface area (Å²) < 4.78 is 17.8. The predicted molar refractivity (Wildman–Crippen MR) is 139 cm³/mol. The van der Waals surface area contributed by atoms with Gasteiger partial charge in [-0.05, 0) is 54.1 Å². The lowest BCUT2D eigenvalue weighted by molar-refractivity contribution is 0.262. The van der Waals surface area contributed by atoms with Gasteiger partial charge in [0.05, 0.1) is 26.2 Å². The second kappa shape index (κ2) is 10.6. The minimum absolute atomic E-state index is 0.338. The molecule has 0 fully saturated rings. The first-order valence-electron chi connectivity index (χ1n) is 11.4. The van der Waals surface area contributed by atoms with Crippen LogP contribution in [0.5, 0.6) is 11.5 Å². The van der Waals surface area contributed by atoms with E-state index in [1.807, 2.05) is 71.4 Å². The molecule has 0 aliphatic heterocycles. The highest BCUT2D eigenvalue weighted by molar-refractivity contribution is 6.00. The number of para-hydroxylation sites is 2. The standard InChI is InChI=1S/C27H24N6O4/c1-35-21-13-9-19(10-14-21)25-31-26(37-32-25)23-16-33(17-28-23)15-18-7-11-20(12-8-18)29-27(34)30-22-5-3-4-6-24(22)36-2/h3-14,16-17H,15H2,1-2H3,(H2,29,30,34). The summed E-state index contributed by atoms with van der Waals surface area (Å²) in [4.78, 5) is 21.2. The van der Waals surface area contributed by atoms with E-state index in [0.717, 1.165) is 16.9 Å². The quantitative estimate of drug-likeness (QED) is 0.299. The summed E-state index contributed by atoms with van der Waals surface area (Å²) in [6.45, 7) is 0.583. The number of carbonyl (C=O) groups is 1. The van der Waals surface area contributed by atoms with E-state index in [0.29, 0.717) is 41.1 Å². The van der Waals surface area contributed by atoms with Crippen molar-refractivity contribution >= 4 is 17.4 Å². The average molecular weight is 497 g/mol. The van der Waals surface area contributed by atoms with E-state index >= 15 is 0 Å². The minimum atomic E-state index is -0.356. The number of urea groups is 1. The molecule has 2 amide bonds. The van der Waals surface area contributed by atoms with Gasteiger partial charge in [0.25, 0.3) is 5.89 Å². The number of imidazole rings is 1. The van der Waals surface area contributed by atoms with E-state index < -0.39 is 0 Å². The van der Waals surface area contributed by atoms with Crippen molar-refractivity contribution in [1.29, 1.82) is 0 Å². The molecule has 2 N–H and O–H groups in total. The molecule has 3 aromatic carbocycles. The number of nitrogens with zero attached hydrogens (tertiary/aromatic N) is 4. The van der Waals surface area contributed by atoms with Crippen molar-refractivity contribution in [2.45, 2.75) is 6.54 Å². The van der Waals surface area contributed by atoms with Crippen LogP contribution in [0, 0.1) is 0 Å². The Labute approximate surface area is 212 Å². The maximum atomic E-state index is 12.4. The Morgan fingerprint density at radius 1 is 0.946 bits per heavy atom. The van der Waals surface area contributed by atoms with Crippen molar-refractivity contribution in [3.8, 4) is 34.5 Å². The number of carbonyl (C=O) groups excluding carboxylic acids is 1. The van der Waals surface area contributed by atoms with Gasteiger partial charge in [-0.15, -0.1) is 0 Å². The fraction of sp³-hybridized carbons (Fsp3) is 0.111. The van der Waals surface area contributed by atoms with Gasteiger partial charge in [-0.25, -0.2) is 9.78 Å². The largest absolute Gasteiger partial charge is 0.497 e. The van der Waals surface area contributed by atoms with Crippen molar-refractivity contribution in [3.05, 3.63) is 90.9 Å². The maximum absolute atomic E-state index is 12.4. The van der Waals surface area contributed by atoms with Gasteiger partial charge in [0.2, 0.25) is 5.82 Å². The molecule has 5 aromatic rings. The van der Waals surface area contributed by atoms with Crippen molar-refractivity contribution in [2.24, 2.45) is 0 Å². The summed E-state index contributed by atoms with van der Waals surface area (Å²) in [6, 6.07) is 21.8. The van der Waals surface area contributed by atoms with Crippen molar-refractivity contribution < 1.29 is 18.8 Å². The van der Waals surface area contributed by atoms with Gasteiger partial charge in [0, 0.05) is 24.0 Å². The Hall–Kier alpha value is -5.12. The first-order valence-corrected chi connectivity index (χ1v) is 11.4. The van der Waals surface area contributed by atoms with Crippen molar-refractivity contribution in [3.63, 3.8) is 0 Å². The summed E-state index contributed by atoms with van der Waals surface area (Å²) in [5.41, 5.74) is 3.69. The molecule has 0 saturated carbocycles. The smallest absolute Gasteiger partial charge is 0.323 e. The van der Waals surface area contributed by atoms with E-state index in [4.69, 9.17) is 14.0 Å². The molecule has 0 aliphatic rings. The lowest BCUT2D eigenvalue weighted by atomic mass is 10.2. The number of ether oxygens (including phenoxy) is 2. The predicted octanol–water partition coefficient (Wildman–Crippen LogP) is 5.31. The number of aromatic nitrogens is 4. The van der Waals surface area contributed by atoms with Gasteiger partial charge in [-0.1, -0.05) is 29.4 Å². The molecule has 2 heterocycles. The highest BCUT2D eigenvalue weighted by Gasteiger charge is 2.13. The summed E-state index contributed by atoms with van der Waals surface area (Å²) in [5.74, 6) is 2.16. The van der Waals surface area contributed by atoms with Gasteiger partial charge < -0.3 is 29.2 Å². The molecule has 37 heavy (non-hydrogen) atoms. The Balaban J connectivity index is 1.19. The number of hydrogen-bond acceptors (Lipinski definition) is 7. The van der Waals surface area contributed by atoms with E-state index in [1.165, 1.54) is 0 Å². The highest BCUT2D eigenvalue weighted by atomic mass is 16.5. The Kier molecular flexibility index (Phi) is 6.80. The third kappa shape index (κ3) is 5.59. The van der Waals surface area contributed by atoms with Crippen LogP contribution in [0.4, 0.5) is 16.2 Å². The third-order valence-corrected chi connectivity index (χ3v) is 5.56. The molecule has 0 aliphatic carbocycles. The molecule has 5 rings (SSSR count). The van der Waals surface area contributed by atoms with E-state index in [-0.39, 0.29) is 6.03 Å². The second-order valence-corrected chi connectivity index (χ2v) is 8.06. The fourth-order valence-electron chi connectivity index (χ4n) is 3.68. The first kappa shape index (κ1) is 23.6. The highest BCUT2D eigenvalue weighted by Crippen LogP contribution is 2.24. The fourth-order valence-corrected chi connectivity index (χ4v) is 3.68. The molecule has 0 atom stereocenters. The average Bonchev–Trinajstić information content (AvgIpc) is 3.60. The summed E-state index contributed by atoms with van der Waals surface area (Å²) in [7, 11) is 3.18. The number of nitrogens with one attached hydrogen (secondary N) is 2. The molecule has 0 saturated heterocycles. The molecular formula is C27H24N6O4. The molecule has 186 valence electrons. The van der Waals surface area contributed by atoms with Crippen LogP contribution in [0.3, 0.4) is 0 Å². The van der Waals surface area contributed by atoms with Gasteiger partial charge in [-0.2, -0.15) is 4.98 Å². The normalized spacial score (nSPS) is 10.6. The molecule has 0 radical (unpaired) electrons. The van der Waals surface area contributed by atoms with E-state index in [2.05, 4.69) is 25.8 Å². The molecule has 0 unspecified atom stereocenters. The second-order valence-electron chi connectivity index (χ2n) is 8.06. The topological polar surface area (TPSA) is 116 Å². The van der Waals surface area contributed by atoms with Crippen LogP contribution in [-0.4, -0.2) is 39.9 Å². The van der Waals surface area contributed by atoms with E-state index in [9.17, 15) is 4.79 Å². The van der Waals surface area contributed by atoms with Gasteiger partial charge >= 0.3 is 6.03 Å². The lowest BCUT2D eigenvalue weighted by Gasteiger charge is -2.11. The van der Waals surface area contributed by atoms with Crippen molar-refractivity contribution in [1.82, 2.24) is 19.7 Å². The zero-order chi connectivity index (χ0) is 25.6. The van der Waals surface area contributed by atoms with Crippen LogP contribution >= 0.6 is 0 Å². The number of methoxy groups -OCH3 is 2. The molecule has 10 nitrogen and oxygen atoms in total. The number of hydrogen-bond donors (Lipinski definition) is 2. The monoisotopic (exact) mass is 496 g/mol. The number of amides is 2. The summed E-state index contributed by atoms with van der Waals surface area (Å²) in [5, 5.41) is 9.67. The molecule has 0 bridgehead atoms. The maximum Gasteiger partial charge on any atom is 0.323 e. The van der Waals surface area contributed by atoms with Crippen LogP contribution in [-0.2, 0) is 6.54 Å². The van der Waals surface area contributed by atoms with Gasteiger partial charge in [0.15, 0.2) is 0 Å². The molecule has 10 heteroatoms. The molecule has 0 spiro atoms. The Morgan fingerprint density at radius 3 is 2.49 bits per heavy atom. The van der Waals surface area contributed by atoms with Gasteiger partial charge in [-0.3, -0.25) is 0 Å². The zero-order valence-electron chi connectivity index (χ0n) is 20.2. The SMILES string of the molecule is COc1ccc(-c2noc(-c3cn(Cc4ccc(NC(=O)Nc5ccccc5OC)cc4)cn3)n2)cc1. The van der Waals surface area contributed by atoms with Crippen molar-refractivity contribution in [2.75, 3.05) is 24.9 Å².